The fourth-order valence-electron chi connectivity index (χ4n) is 2.61. The van der Waals surface area contributed by atoms with E-state index in [9.17, 15) is 0 Å². The Bertz CT molecular complexity index is 961. The SMILES string of the molecule is CCOc1ccc(NC(=NC)NCc2cn3cc(Br)ccc3n2)cc1OC.I. The van der Waals surface area contributed by atoms with E-state index in [1.165, 1.54) is 0 Å². The minimum atomic E-state index is 0. The van der Waals surface area contributed by atoms with Gasteiger partial charge in [-0.15, -0.1) is 24.0 Å². The molecule has 3 rings (SSSR count). The molecule has 0 fully saturated rings. The summed E-state index contributed by atoms with van der Waals surface area (Å²) in [4.78, 5) is 8.85. The molecule has 0 unspecified atom stereocenters. The van der Waals surface area contributed by atoms with E-state index in [0.29, 0.717) is 30.6 Å². The quantitative estimate of drug-likeness (QED) is 0.267. The molecule has 0 radical (unpaired) electrons. The predicted octanol–water partition coefficient (Wildman–Crippen LogP) is 4.31. The van der Waals surface area contributed by atoms with Gasteiger partial charge >= 0.3 is 0 Å². The smallest absolute Gasteiger partial charge is 0.195 e. The first-order valence-corrected chi connectivity index (χ1v) is 9.34. The Balaban J connectivity index is 0.00000280. The summed E-state index contributed by atoms with van der Waals surface area (Å²) in [6.45, 7) is 3.07. The van der Waals surface area contributed by atoms with E-state index < -0.39 is 0 Å². The molecule has 2 heterocycles. The molecule has 2 aromatic heterocycles. The molecule has 2 N–H and O–H groups in total. The average molecular weight is 560 g/mol. The van der Waals surface area contributed by atoms with Crippen LogP contribution in [0, 0.1) is 0 Å². The van der Waals surface area contributed by atoms with Gasteiger partial charge in [0, 0.05) is 35.7 Å². The maximum atomic E-state index is 5.54. The van der Waals surface area contributed by atoms with Crippen molar-refractivity contribution in [3.05, 3.63) is 52.9 Å². The first kappa shape index (κ1) is 22.3. The fourth-order valence-corrected chi connectivity index (χ4v) is 2.97. The van der Waals surface area contributed by atoms with Gasteiger partial charge in [0.05, 0.1) is 26.0 Å². The monoisotopic (exact) mass is 559 g/mol. The lowest BCUT2D eigenvalue weighted by Gasteiger charge is -2.14. The number of pyridine rings is 1. The second-order valence-electron chi connectivity index (χ2n) is 5.69. The van der Waals surface area contributed by atoms with Crippen molar-refractivity contribution in [3.63, 3.8) is 0 Å². The van der Waals surface area contributed by atoms with Crippen LogP contribution in [0.4, 0.5) is 5.69 Å². The standard InChI is InChI=1S/C19H22BrN5O2.HI/c1-4-27-16-7-6-14(9-17(16)26-3)24-19(21-2)22-10-15-12-25-11-13(20)5-8-18(25)23-15;/h5-9,11-12H,4,10H2,1-3H3,(H2,21,22,24);1H. The Morgan fingerprint density at radius 2 is 2.04 bits per heavy atom. The Morgan fingerprint density at radius 3 is 2.75 bits per heavy atom. The van der Waals surface area contributed by atoms with Gasteiger partial charge in [-0.2, -0.15) is 0 Å². The topological polar surface area (TPSA) is 72.2 Å². The Morgan fingerprint density at radius 1 is 1.21 bits per heavy atom. The van der Waals surface area contributed by atoms with Crippen LogP contribution >= 0.6 is 39.9 Å². The summed E-state index contributed by atoms with van der Waals surface area (Å²) in [5.41, 5.74) is 2.66. The van der Waals surface area contributed by atoms with Gasteiger partial charge in [-0.1, -0.05) is 0 Å². The largest absolute Gasteiger partial charge is 0.493 e. The molecular weight excluding hydrogens is 537 g/mol. The molecule has 0 saturated heterocycles. The third kappa shape index (κ3) is 5.51. The number of guanidine groups is 1. The Kier molecular flexibility index (Phi) is 8.36. The molecule has 0 spiro atoms. The van der Waals surface area contributed by atoms with Gasteiger partial charge in [-0.3, -0.25) is 4.99 Å². The number of hydrogen-bond donors (Lipinski definition) is 2. The van der Waals surface area contributed by atoms with Gasteiger partial charge in [0.1, 0.15) is 5.65 Å². The highest BCUT2D eigenvalue weighted by molar-refractivity contribution is 14.0. The van der Waals surface area contributed by atoms with Crippen molar-refractivity contribution in [2.45, 2.75) is 13.5 Å². The Labute approximate surface area is 189 Å². The Hall–Kier alpha value is -2.01. The van der Waals surface area contributed by atoms with Crippen molar-refractivity contribution in [3.8, 4) is 11.5 Å². The summed E-state index contributed by atoms with van der Waals surface area (Å²) in [7, 11) is 3.35. The highest BCUT2D eigenvalue weighted by Gasteiger charge is 2.08. The number of ether oxygens (including phenoxy) is 2. The maximum absolute atomic E-state index is 5.54. The lowest BCUT2D eigenvalue weighted by molar-refractivity contribution is 0.311. The van der Waals surface area contributed by atoms with Crippen LogP contribution in [-0.4, -0.2) is 36.1 Å². The number of anilines is 1. The molecule has 0 saturated carbocycles. The van der Waals surface area contributed by atoms with E-state index in [1.807, 2.05) is 54.0 Å². The van der Waals surface area contributed by atoms with Crippen molar-refractivity contribution < 1.29 is 9.47 Å². The maximum Gasteiger partial charge on any atom is 0.195 e. The molecule has 9 heteroatoms. The van der Waals surface area contributed by atoms with E-state index in [2.05, 4.69) is 36.5 Å². The summed E-state index contributed by atoms with van der Waals surface area (Å²) >= 11 is 3.47. The summed E-state index contributed by atoms with van der Waals surface area (Å²) in [6.07, 6.45) is 3.96. The minimum absolute atomic E-state index is 0. The molecule has 0 aliphatic heterocycles. The van der Waals surface area contributed by atoms with Gasteiger partial charge in [-0.25, -0.2) is 4.98 Å². The predicted molar refractivity (Wildman–Crippen MR) is 126 cm³/mol. The highest BCUT2D eigenvalue weighted by atomic mass is 127. The second kappa shape index (κ2) is 10.5. The van der Waals surface area contributed by atoms with Gasteiger partial charge in [0.2, 0.25) is 0 Å². The van der Waals surface area contributed by atoms with Gasteiger partial charge in [0.15, 0.2) is 17.5 Å². The number of nitrogens with one attached hydrogen (secondary N) is 2. The van der Waals surface area contributed by atoms with Crippen LogP contribution in [0.3, 0.4) is 0 Å². The molecule has 1 aromatic carbocycles. The number of imidazole rings is 1. The molecular formula is C19H23BrIN5O2. The van der Waals surface area contributed by atoms with Crippen molar-refractivity contribution in [1.29, 1.82) is 0 Å². The van der Waals surface area contributed by atoms with Crippen LogP contribution in [0.1, 0.15) is 12.6 Å². The molecule has 7 nitrogen and oxygen atoms in total. The van der Waals surface area contributed by atoms with E-state index in [-0.39, 0.29) is 24.0 Å². The first-order valence-electron chi connectivity index (χ1n) is 8.54. The zero-order valence-electron chi connectivity index (χ0n) is 15.9. The molecule has 150 valence electrons. The lowest BCUT2D eigenvalue weighted by atomic mass is 10.2. The molecule has 0 aliphatic rings. The second-order valence-corrected chi connectivity index (χ2v) is 6.61. The number of methoxy groups -OCH3 is 1. The number of hydrogen-bond acceptors (Lipinski definition) is 4. The molecule has 0 amide bonds. The summed E-state index contributed by atoms with van der Waals surface area (Å²) in [5.74, 6) is 2.02. The average Bonchev–Trinajstić information content (AvgIpc) is 3.08. The third-order valence-corrected chi connectivity index (χ3v) is 4.32. The van der Waals surface area contributed by atoms with Crippen LogP contribution in [-0.2, 0) is 6.54 Å². The minimum Gasteiger partial charge on any atom is -0.493 e. The van der Waals surface area contributed by atoms with Crippen LogP contribution in [0.2, 0.25) is 0 Å². The highest BCUT2D eigenvalue weighted by Crippen LogP contribution is 2.30. The van der Waals surface area contributed by atoms with E-state index in [4.69, 9.17) is 9.47 Å². The first-order chi connectivity index (χ1) is 13.1. The van der Waals surface area contributed by atoms with Crippen LogP contribution < -0.4 is 20.1 Å². The number of nitrogens with zero attached hydrogens (tertiary/aromatic N) is 3. The van der Waals surface area contributed by atoms with Crippen molar-refractivity contribution in [2.75, 3.05) is 26.1 Å². The van der Waals surface area contributed by atoms with Gasteiger partial charge in [0.25, 0.3) is 0 Å². The van der Waals surface area contributed by atoms with E-state index >= 15 is 0 Å². The number of rotatable bonds is 6. The molecule has 28 heavy (non-hydrogen) atoms. The molecule has 0 aliphatic carbocycles. The molecule has 0 bridgehead atoms. The van der Waals surface area contributed by atoms with Crippen LogP contribution in [0.25, 0.3) is 5.65 Å². The van der Waals surface area contributed by atoms with Gasteiger partial charge in [-0.05, 0) is 47.1 Å². The zero-order chi connectivity index (χ0) is 19.2. The summed E-state index contributed by atoms with van der Waals surface area (Å²) < 4.78 is 13.9. The van der Waals surface area contributed by atoms with Crippen LogP contribution in [0.15, 0.2) is 52.2 Å². The normalized spacial score (nSPS) is 11.1. The lowest BCUT2D eigenvalue weighted by Crippen LogP contribution is -2.30. The van der Waals surface area contributed by atoms with E-state index in [1.54, 1.807) is 14.2 Å². The van der Waals surface area contributed by atoms with Gasteiger partial charge < -0.3 is 24.5 Å². The number of aliphatic imine (C=N–C) groups is 1. The summed E-state index contributed by atoms with van der Waals surface area (Å²) in [5, 5.41) is 6.51. The van der Waals surface area contributed by atoms with Crippen molar-refractivity contribution >= 4 is 57.2 Å². The fraction of sp³-hybridized carbons (Fsp3) is 0.263. The molecule has 3 aromatic rings. The number of halogens is 2. The number of fused-ring (bicyclic) bond motifs is 1. The molecule has 0 atom stereocenters. The van der Waals surface area contributed by atoms with Crippen molar-refractivity contribution in [1.82, 2.24) is 14.7 Å². The summed E-state index contributed by atoms with van der Waals surface area (Å²) in [6, 6.07) is 9.60. The third-order valence-electron chi connectivity index (χ3n) is 3.85. The zero-order valence-corrected chi connectivity index (χ0v) is 19.8. The van der Waals surface area contributed by atoms with Crippen molar-refractivity contribution in [2.24, 2.45) is 4.99 Å². The van der Waals surface area contributed by atoms with Crippen LogP contribution in [0.5, 0.6) is 11.5 Å². The number of aromatic nitrogens is 2. The number of benzene rings is 1. The van der Waals surface area contributed by atoms with E-state index in [0.717, 1.165) is 21.5 Å².